The highest BCUT2D eigenvalue weighted by Gasteiger charge is 2.33. The fraction of sp³-hybridized carbons (Fsp3) is 0. The van der Waals surface area contributed by atoms with Crippen molar-refractivity contribution in [1.29, 1.82) is 0 Å². The Morgan fingerprint density at radius 1 is 0.500 bits per heavy atom. The second-order valence-electron chi connectivity index (χ2n) is 5.70. The fourth-order valence-electron chi connectivity index (χ4n) is 3.51. The van der Waals surface area contributed by atoms with Gasteiger partial charge in [-0.05, 0) is 28.8 Å². The van der Waals surface area contributed by atoms with Gasteiger partial charge >= 0.3 is 0 Å². The summed E-state index contributed by atoms with van der Waals surface area (Å²) in [4.78, 5) is 25.6. The third-order valence-corrected chi connectivity index (χ3v) is 4.55. The van der Waals surface area contributed by atoms with E-state index in [4.69, 9.17) is 0 Å². The van der Waals surface area contributed by atoms with Crippen molar-refractivity contribution in [1.82, 2.24) is 0 Å². The first-order valence-corrected chi connectivity index (χ1v) is 7.22. The van der Waals surface area contributed by atoms with E-state index < -0.39 is 0 Å². The number of benzene rings is 3. The molecule has 5 rings (SSSR count). The summed E-state index contributed by atoms with van der Waals surface area (Å²) >= 11 is 0. The van der Waals surface area contributed by atoms with Crippen LogP contribution >= 0.6 is 0 Å². The van der Waals surface area contributed by atoms with Crippen molar-refractivity contribution in [3.63, 3.8) is 0 Å². The highest BCUT2D eigenvalue weighted by atomic mass is 16.1. The molecular formula is C20H10O2. The minimum atomic E-state index is -0.0742. The summed E-state index contributed by atoms with van der Waals surface area (Å²) in [6.45, 7) is 0. The normalized spacial score (nSPS) is 13.6. The van der Waals surface area contributed by atoms with E-state index in [1.54, 1.807) is 30.3 Å². The monoisotopic (exact) mass is 282 g/mol. The minimum absolute atomic E-state index is 0.0611. The van der Waals surface area contributed by atoms with Crippen LogP contribution in [0.25, 0.3) is 22.3 Å². The first-order chi connectivity index (χ1) is 10.8. The molecule has 2 aliphatic carbocycles. The summed E-state index contributed by atoms with van der Waals surface area (Å²) in [5.74, 6) is -0.135. The molecule has 0 atom stereocenters. The zero-order valence-electron chi connectivity index (χ0n) is 11.6. The Morgan fingerprint density at radius 3 is 2.00 bits per heavy atom. The number of carbonyl (C=O) groups excluding carboxylic acids is 2. The average Bonchev–Trinajstić information content (AvgIpc) is 2.62. The van der Waals surface area contributed by atoms with Gasteiger partial charge in [0.15, 0.2) is 11.6 Å². The van der Waals surface area contributed by atoms with Gasteiger partial charge in [0.25, 0.3) is 0 Å². The minimum Gasteiger partial charge on any atom is -0.289 e. The van der Waals surface area contributed by atoms with Gasteiger partial charge in [0.05, 0.1) is 0 Å². The Balaban J connectivity index is 1.88. The van der Waals surface area contributed by atoms with E-state index in [-0.39, 0.29) is 11.6 Å². The highest BCUT2D eigenvalue weighted by Crippen LogP contribution is 2.50. The maximum absolute atomic E-state index is 12.9. The zero-order chi connectivity index (χ0) is 14.8. The van der Waals surface area contributed by atoms with Gasteiger partial charge in [-0.25, -0.2) is 0 Å². The highest BCUT2D eigenvalue weighted by molar-refractivity contribution is 6.28. The lowest BCUT2D eigenvalue weighted by molar-refractivity contribution is 0.101. The van der Waals surface area contributed by atoms with Gasteiger partial charge in [-0.15, -0.1) is 0 Å². The quantitative estimate of drug-likeness (QED) is 0.428. The van der Waals surface area contributed by atoms with Crippen molar-refractivity contribution in [2.24, 2.45) is 0 Å². The van der Waals surface area contributed by atoms with Gasteiger partial charge in [-0.3, -0.25) is 9.59 Å². The Morgan fingerprint density at radius 2 is 1.18 bits per heavy atom. The van der Waals surface area contributed by atoms with Crippen LogP contribution in [-0.4, -0.2) is 11.6 Å². The van der Waals surface area contributed by atoms with Crippen LogP contribution in [0.3, 0.4) is 0 Å². The second kappa shape index (κ2) is 3.80. The van der Waals surface area contributed by atoms with Crippen LogP contribution in [0.15, 0.2) is 60.7 Å². The van der Waals surface area contributed by atoms with Crippen LogP contribution in [0.2, 0.25) is 0 Å². The maximum Gasteiger partial charge on any atom is 0.194 e. The topological polar surface area (TPSA) is 34.1 Å². The molecule has 102 valence electrons. The first-order valence-electron chi connectivity index (χ1n) is 7.22. The van der Waals surface area contributed by atoms with Crippen LogP contribution < -0.4 is 0 Å². The summed E-state index contributed by atoms with van der Waals surface area (Å²) in [6, 6.07) is 18.8. The lowest BCUT2D eigenvalue weighted by Gasteiger charge is -2.27. The molecule has 0 amide bonds. The molecule has 2 nitrogen and oxygen atoms in total. The van der Waals surface area contributed by atoms with Gasteiger partial charge in [0.2, 0.25) is 0 Å². The summed E-state index contributed by atoms with van der Waals surface area (Å²) in [5, 5.41) is 0. The van der Waals surface area contributed by atoms with Gasteiger partial charge in [-0.1, -0.05) is 48.5 Å². The van der Waals surface area contributed by atoms with E-state index in [0.717, 1.165) is 22.3 Å². The van der Waals surface area contributed by atoms with E-state index >= 15 is 0 Å². The number of ketones is 2. The summed E-state index contributed by atoms with van der Waals surface area (Å²) in [6.07, 6.45) is 0. The molecule has 0 spiro atoms. The lowest BCUT2D eigenvalue weighted by atomic mass is 9.75. The van der Waals surface area contributed by atoms with Crippen molar-refractivity contribution in [2.45, 2.75) is 0 Å². The molecule has 0 unspecified atom stereocenters. The average molecular weight is 282 g/mol. The molecule has 0 saturated heterocycles. The van der Waals surface area contributed by atoms with E-state index in [9.17, 15) is 9.59 Å². The molecule has 2 heteroatoms. The van der Waals surface area contributed by atoms with E-state index in [1.807, 2.05) is 30.3 Å². The predicted molar refractivity (Wildman–Crippen MR) is 84.2 cm³/mol. The first kappa shape index (κ1) is 11.6. The molecule has 0 aromatic heterocycles. The summed E-state index contributed by atoms with van der Waals surface area (Å²) < 4.78 is 0. The summed E-state index contributed by atoms with van der Waals surface area (Å²) in [7, 11) is 0. The van der Waals surface area contributed by atoms with Crippen LogP contribution in [0.5, 0.6) is 0 Å². The third kappa shape index (κ3) is 1.25. The Hall–Kier alpha value is -3.00. The van der Waals surface area contributed by atoms with Crippen LogP contribution in [0.4, 0.5) is 0 Å². The Labute approximate surface area is 127 Å². The molecule has 0 fully saturated rings. The zero-order valence-corrected chi connectivity index (χ0v) is 11.6. The van der Waals surface area contributed by atoms with Gasteiger partial charge < -0.3 is 0 Å². The summed E-state index contributed by atoms with van der Waals surface area (Å²) in [5.41, 5.74) is 6.43. The van der Waals surface area contributed by atoms with E-state index in [2.05, 4.69) is 0 Å². The van der Waals surface area contributed by atoms with Gasteiger partial charge in [0.1, 0.15) is 0 Å². The smallest absolute Gasteiger partial charge is 0.194 e. The molecule has 3 aromatic carbocycles. The van der Waals surface area contributed by atoms with Crippen molar-refractivity contribution >= 4 is 11.6 Å². The van der Waals surface area contributed by atoms with E-state index in [1.165, 1.54) is 0 Å². The van der Waals surface area contributed by atoms with Crippen molar-refractivity contribution in [2.75, 3.05) is 0 Å². The standard InChI is InChI=1S/C20H10O2/c21-19-11-4-3-5-12(10-11)20(22)18-16(19)9-8-15-13-6-1-2-7-14(13)17(15)18/h1-10H. The largest absolute Gasteiger partial charge is 0.289 e. The number of hydrogen-bond donors (Lipinski definition) is 0. The van der Waals surface area contributed by atoms with Crippen LogP contribution in [-0.2, 0) is 0 Å². The molecule has 0 heterocycles. The maximum atomic E-state index is 12.9. The molecule has 2 aliphatic rings. The number of hydrogen-bond acceptors (Lipinski definition) is 2. The second-order valence-corrected chi connectivity index (χ2v) is 5.70. The molecule has 22 heavy (non-hydrogen) atoms. The molecule has 2 bridgehead atoms. The van der Waals surface area contributed by atoms with Crippen molar-refractivity contribution < 1.29 is 9.59 Å². The molecule has 3 aromatic rings. The van der Waals surface area contributed by atoms with Crippen molar-refractivity contribution in [3.8, 4) is 22.3 Å². The number of rotatable bonds is 0. The third-order valence-electron chi connectivity index (χ3n) is 4.55. The Bertz CT molecular complexity index is 1010. The van der Waals surface area contributed by atoms with Gasteiger partial charge in [0, 0.05) is 27.8 Å². The number of carbonyl (C=O) groups is 2. The SMILES string of the molecule is O=C1c2cccc(c2)C(=O)c2c1ccc1c2-c2ccccc2-1. The van der Waals surface area contributed by atoms with Crippen LogP contribution in [0, 0.1) is 0 Å². The van der Waals surface area contributed by atoms with Crippen LogP contribution in [0.1, 0.15) is 31.8 Å². The Kier molecular flexibility index (Phi) is 2.01. The van der Waals surface area contributed by atoms with Crippen molar-refractivity contribution in [3.05, 3.63) is 82.9 Å². The van der Waals surface area contributed by atoms with Gasteiger partial charge in [-0.2, -0.15) is 0 Å². The molecular weight excluding hydrogens is 272 g/mol. The molecule has 0 radical (unpaired) electrons. The predicted octanol–water partition coefficient (Wildman–Crippen LogP) is 4.11. The van der Waals surface area contributed by atoms with E-state index in [0.29, 0.717) is 22.3 Å². The lowest BCUT2D eigenvalue weighted by Crippen LogP contribution is -2.13. The number of fused-ring (bicyclic) bond motifs is 8. The molecule has 0 saturated carbocycles. The molecule has 0 N–H and O–H groups in total. The molecule has 0 aliphatic heterocycles. The fourth-order valence-corrected chi connectivity index (χ4v) is 3.51.